The lowest BCUT2D eigenvalue weighted by Crippen LogP contribution is -2.13. The zero-order chi connectivity index (χ0) is 12.8. The molecule has 0 aliphatic carbocycles. The van der Waals surface area contributed by atoms with Gasteiger partial charge in [0.05, 0.1) is 17.6 Å². The van der Waals surface area contributed by atoms with E-state index in [2.05, 4.69) is 19.6 Å². The van der Waals surface area contributed by atoms with Gasteiger partial charge in [-0.05, 0) is 30.7 Å². The maximum Gasteiger partial charge on any atom is 0.273 e. The van der Waals surface area contributed by atoms with E-state index in [1.54, 1.807) is 6.07 Å². The van der Waals surface area contributed by atoms with E-state index in [-0.39, 0.29) is 5.69 Å². The first-order valence-electron chi connectivity index (χ1n) is 5.57. The fraction of sp³-hybridized carbons (Fsp3) is 0.500. The summed E-state index contributed by atoms with van der Waals surface area (Å²) in [5.41, 5.74) is 0.967. The molecule has 4 nitrogen and oxygen atoms in total. The fourth-order valence-corrected chi connectivity index (χ4v) is 1.73. The Bertz CT molecular complexity index is 391. The average molecular weight is 255 g/mol. The van der Waals surface area contributed by atoms with Gasteiger partial charge in [0.2, 0.25) is 0 Å². The van der Waals surface area contributed by atoms with Crippen molar-refractivity contribution >= 4 is 18.3 Å². The summed E-state index contributed by atoms with van der Waals surface area (Å²) < 4.78 is 5.62. The van der Waals surface area contributed by atoms with Crippen molar-refractivity contribution in [3.05, 3.63) is 33.9 Å². The first-order valence-corrected chi connectivity index (χ1v) is 6.20. The van der Waals surface area contributed by atoms with Crippen LogP contribution in [0.1, 0.15) is 18.9 Å². The third-order valence-electron chi connectivity index (χ3n) is 2.69. The average Bonchev–Trinajstić information content (AvgIpc) is 2.32. The largest absolute Gasteiger partial charge is 0.493 e. The Hall–Kier alpha value is -1.23. The summed E-state index contributed by atoms with van der Waals surface area (Å²) in [6.45, 7) is 4.49. The van der Waals surface area contributed by atoms with E-state index in [0.717, 1.165) is 17.7 Å². The molecule has 0 N–H and O–H groups in total. The number of thiol groups is 1. The van der Waals surface area contributed by atoms with Crippen molar-refractivity contribution in [1.29, 1.82) is 0 Å². The van der Waals surface area contributed by atoms with Gasteiger partial charge in [-0.2, -0.15) is 12.6 Å². The Balaban J connectivity index is 2.75. The van der Waals surface area contributed by atoms with Crippen molar-refractivity contribution in [2.75, 3.05) is 12.4 Å². The number of nitrogens with zero attached hydrogens (tertiary/aromatic N) is 1. The van der Waals surface area contributed by atoms with Crippen molar-refractivity contribution in [2.24, 2.45) is 5.92 Å². The number of nitro groups is 1. The van der Waals surface area contributed by atoms with Gasteiger partial charge in [-0.15, -0.1) is 0 Å². The molecule has 0 aliphatic rings. The van der Waals surface area contributed by atoms with Crippen LogP contribution in [-0.4, -0.2) is 17.3 Å². The van der Waals surface area contributed by atoms with Gasteiger partial charge in [0.1, 0.15) is 5.75 Å². The van der Waals surface area contributed by atoms with Crippen LogP contribution in [0, 0.1) is 23.0 Å². The molecule has 1 unspecified atom stereocenters. The maximum atomic E-state index is 10.7. The van der Waals surface area contributed by atoms with Crippen LogP contribution in [-0.2, 0) is 0 Å². The van der Waals surface area contributed by atoms with E-state index in [0.29, 0.717) is 18.3 Å². The third-order valence-corrected chi connectivity index (χ3v) is 3.21. The topological polar surface area (TPSA) is 52.4 Å². The molecule has 0 radical (unpaired) electrons. The molecule has 0 fully saturated rings. The fourth-order valence-electron chi connectivity index (χ4n) is 1.37. The summed E-state index contributed by atoms with van der Waals surface area (Å²) in [4.78, 5) is 10.2. The van der Waals surface area contributed by atoms with Gasteiger partial charge in [-0.1, -0.05) is 6.92 Å². The molecule has 5 heteroatoms. The molecule has 0 amide bonds. The van der Waals surface area contributed by atoms with Crippen LogP contribution < -0.4 is 4.74 Å². The number of hydrogen-bond acceptors (Lipinski definition) is 4. The minimum absolute atomic E-state index is 0.0597. The quantitative estimate of drug-likeness (QED) is 0.482. The van der Waals surface area contributed by atoms with E-state index in [9.17, 15) is 10.1 Å². The van der Waals surface area contributed by atoms with Crippen molar-refractivity contribution in [3.63, 3.8) is 0 Å². The predicted molar refractivity (Wildman–Crippen MR) is 71.0 cm³/mol. The molecular formula is C12H17NO3S. The Kier molecular flexibility index (Phi) is 5.28. The minimum Gasteiger partial charge on any atom is -0.493 e. The monoisotopic (exact) mass is 255 g/mol. The summed E-state index contributed by atoms with van der Waals surface area (Å²) >= 11 is 4.23. The van der Waals surface area contributed by atoms with E-state index in [4.69, 9.17) is 4.74 Å². The lowest BCUT2D eigenvalue weighted by molar-refractivity contribution is -0.385. The molecule has 17 heavy (non-hydrogen) atoms. The molecule has 0 saturated carbocycles. The smallest absolute Gasteiger partial charge is 0.273 e. The Labute approximate surface area is 107 Å². The van der Waals surface area contributed by atoms with E-state index >= 15 is 0 Å². The highest BCUT2D eigenvalue weighted by molar-refractivity contribution is 7.80. The lowest BCUT2D eigenvalue weighted by atomic mass is 10.1. The van der Waals surface area contributed by atoms with Crippen LogP contribution in [0.4, 0.5) is 5.69 Å². The second-order valence-corrected chi connectivity index (χ2v) is 4.34. The van der Waals surface area contributed by atoms with Gasteiger partial charge in [-0.3, -0.25) is 10.1 Å². The Morgan fingerprint density at radius 2 is 2.24 bits per heavy atom. The van der Waals surface area contributed by atoms with Crippen LogP contribution >= 0.6 is 12.6 Å². The highest BCUT2D eigenvalue weighted by Gasteiger charge is 2.11. The van der Waals surface area contributed by atoms with Crippen LogP contribution in [0.15, 0.2) is 18.2 Å². The highest BCUT2D eigenvalue weighted by atomic mass is 32.1. The van der Waals surface area contributed by atoms with Crippen LogP contribution in [0.25, 0.3) is 0 Å². The molecule has 94 valence electrons. The van der Waals surface area contributed by atoms with Crippen molar-refractivity contribution in [2.45, 2.75) is 20.3 Å². The van der Waals surface area contributed by atoms with Crippen molar-refractivity contribution in [1.82, 2.24) is 0 Å². The number of nitro benzene ring substituents is 1. The maximum absolute atomic E-state index is 10.7. The van der Waals surface area contributed by atoms with E-state index in [1.807, 2.05) is 6.92 Å². The number of benzene rings is 1. The summed E-state index contributed by atoms with van der Waals surface area (Å²) in [5, 5.41) is 10.7. The minimum atomic E-state index is -0.414. The van der Waals surface area contributed by atoms with Crippen LogP contribution in [0.2, 0.25) is 0 Å². The molecule has 1 aromatic rings. The lowest BCUT2D eigenvalue weighted by Gasteiger charge is -2.14. The molecule has 1 rings (SSSR count). The van der Waals surface area contributed by atoms with Gasteiger partial charge in [0.25, 0.3) is 5.69 Å². The molecule has 0 aliphatic heterocycles. The Morgan fingerprint density at radius 1 is 1.53 bits per heavy atom. The number of aryl methyl sites for hydroxylation is 1. The van der Waals surface area contributed by atoms with Gasteiger partial charge in [0, 0.05) is 12.0 Å². The molecule has 0 saturated heterocycles. The molecule has 0 heterocycles. The highest BCUT2D eigenvalue weighted by Crippen LogP contribution is 2.24. The zero-order valence-corrected chi connectivity index (χ0v) is 10.9. The molecule has 0 aromatic heterocycles. The first-order chi connectivity index (χ1) is 8.08. The standard InChI is InChI=1S/C12H17NO3S/c1-3-10(8-17)7-16-12-6-11(13(14)15)5-4-9(12)2/h4-6,10,17H,3,7-8H2,1-2H3. The molecule has 0 bridgehead atoms. The van der Waals surface area contributed by atoms with Gasteiger partial charge < -0.3 is 4.74 Å². The summed E-state index contributed by atoms with van der Waals surface area (Å²) in [7, 11) is 0. The number of non-ortho nitro benzene ring substituents is 1. The number of rotatable bonds is 6. The van der Waals surface area contributed by atoms with E-state index < -0.39 is 4.92 Å². The van der Waals surface area contributed by atoms with Crippen molar-refractivity contribution < 1.29 is 9.66 Å². The summed E-state index contributed by atoms with van der Waals surface area (Å²) in [6.07, 6.45) is 0.984. The predicted octanol–water partition coefficient (Wildman–Crippen LogP) is 3.24. The van der Waals surface area contributed by atoms with Crippen LogP contribution in [0.3, 0.4) is 0 Å². The van der Waals surface area contributed by atoms with E-state index in [1.165, 1.54) is 12.1 Å². The molecular weight excluding hydrogens is 238 g/mol. The van der Waals surface area contributed by atoms with Gasteiger partial charge in [-0.25, -0.2) is 0 Å². The molecule has 0 spiro atoms. The summed E-state index contributed by atoms with van der Waals surface area (Å²) in [6, 6.07) is 4.66. The van der Waals surface area contributed by atoms with Gasteiger partial charge in [0.15, 0.2) is 0 Å². The number of hydrogen-bond donors (Lipinski definition) is 1. The normalized spacial score (nSPS) is 12.2. The first kappa shape index (κ1) is 13.8. The molecule has 1 aromatic carbocycles. The third kappa shape index (κ3) is 3.93. The van der Waals surface area contributed by atoms with Gasteiger partial charge >= 0.3 is 0 Å². The SMILES string of the molecule is CCC(CS)COc1cc([N+](=O)[O-])ccc1C. The molecule has 1 atom stereocenters. The van der Waals surface area contributed by atoms with Crippen molar-refractivity contribution in [3.8, 4) is 5.75 Å². The summed E-state index contributed by atoms with van der Waals surface area (Å²) in [5.74, 6) is 1.71. The Morgan fingerprint density at radius 3 is 2.76 bits per heavy atom. The zero-order valence-electron chi connectivity index (χ0n) is 10.0. The second-order valence-electron chi connectivity index (χ2n) is 3.97. The number of ether oxygens (including phenoxy) is 1. The second kappa shape index (κ2) is 6.49. The van der Waals surface area contributed by atoms with Crippen LogP contribution in [0.5, 0.6) is 5.75 Å².